The molecule has 3 rings (SSSR count). The van der Waals surface area contributed by atoms with Gasteiger partial charge < -0.3 is 10.2 Å². The van der Waals surface area contributed by atoms with Gasteiger partial charge >= 0.3 is 0 Å². The summed E-state index contributed by atoms with van der Waals surface area (Å²) < 4.78 is 0.771. The smallest absolute Gasteiger partial charge is 0.276 e. The molecule has 0 fully saturated rings. The molecule has 2 aromatic carbocycles. The van der Waals surface area contributed by atoms with E-state index in [2.05, 4.69) is 31.4 Å². The second-order valence-electron chi connectivity index (χ2n) is 5.54. The number of rotatable bonds is 5. The van der Waals surface area contributed by atoms with Gasteiger partial charge in [-0.25, -0.2) is 0 Å². The van der Waals surface area contributed by atoms with Crippen LogP contribution in [0.1, 0.15) is 10.5 Å². The Hall–Kier alpha value is -3.00. The van der Waals surface area contributed by atoms with Gasteiger partial charge in [-0.15, -0.1) is 5.10 Å². The van der Waals surface area contributed by atoms with E-state index in [-0.39, 0.29) is 24.1 Å². The second-order valence-corrected chi connectivity index (χ2v) is 6.40. The van der Waals surface area contributed by atoms with Gasteiger partial charge in [-0.05, 0) is 40.2 Å². The van der Waals surface area contributed by atoms with Crippen LogP contribution in [0.4, 0.5) is 5.69 Å². The molecule has 0 saturated heterocycles. The summed E-state index contributed by atoms with van der Waals surface area (Å²) in [6.45, 7) is -0.0988. The number of nitrogens with zero attached hydrogens (tertiary/aromatic N) is 4. The number of hydrogen-bond acceptors (Lipinski definition) is 4. The molecule has 8 heteroatoms. The standard InChI is InChI=1S/C18H16BrN5O2/c1-23(12-17(25)21-15-10-6-5-9-14(15)19)18(26)16-11-20-24(22-16)13-7-3-2-4-8-13/h2-11H,12H2,1H3,(H,21,25). The zero-order valence-electron chi connectivity index (χ0n) is 14.0. The number of para-hydroxylation sites is 2. The molecule has 2 amide bonds. The zero-order valence-corrected chi connectivity index (χ0v) is 15.5. The average Bonchev–Trinajstić information content (AvgIpc) is 3.14. The lowest BCUT2D eigenvalue weighted by molar-refractivity contribution is -0.116. The Morgan fingerprint density at radius 2 is 1.81 bits per heavy atom. The number of likely N-dealkylation sites (N-methyl/N-ethyl adjacent to an activating group) is 1. The second kappa shape index (κ2) is 7.92. The van der Waals surface area contributed by atoms with Crippen LogP contribution in [0.3, 0.4) is 0 Å². The van der Waals surface area contributed by atoms with Crippen LogP contribution >= 0.6 is 15.9 Å². The molecule has 0 aliphatic rings. The van der Waals surface area contributed by atoms with Crippen molar-refractivity contribution in [2.45, 2.75) is 0 Å². The summed E-state index contributed by atoms with van der Waals surface area (Å²) in [6.07, 6.45) is 1.39. The molecule has 0 radical (unpaired) electrons. The van der Waals surface area contributed by atoms with Crippen molar-refractivity contribution in [1.29, 1.82) is 0 Å². The van der Waals surface area contributed by atoms with Crippen molar-refractivity contribution in [3.8, 4) is 5.69 Å². The number of halogens is 1. The highest BCUT2D eigenvalue weighted by molar-refractivity contribution is 9.10. The van der Waals surface area contributed by atoms with E-state index in [9.17, 15) is 9.59 Å². The first-order valence-electron chi connectivity index (χ1n) is 7.82. The molecule has 0 aliphatic carbocycles. The van der Waals surface area contributed by atoms with Crippen LogP contribution in [0.5, 0.6) is 0 Å². The molecule has 0 atom stereocenters. The van der Waals surface area contributed by atoms with Gasteiger partial charge in [-0.1, -0.05) is 30.3 Å². The summed E-state index contributed by atoms with van der Waals surface area (Å²) in [7, 11) is 1.55. The minimum atomic E-state index is -0.380. The third kappa shape index (κ3) is 4.15. The van der Waals surface area contributed by atoms with Gasteiger partial charge in [0.05, 0.1) is 24.1 Å². The lowest BCUT2D eigenvalue weighted by atomic mass is 10.3. The van der Waals surface area contributed by atoms with E-state index in [1.807, 2.05) is 48.5 Å². The monoisotopic (exact) mass is 413 g/mol. The number of benzene rings is 2. The van der Waals surface area contributed by atoms with Crippen molar-refractivity contribution < 1.29 is 9.59 Å². The minimum Gasteiger partial charge on any atom is -0.331 e. The Labute approximate surface area is 158 Å². The van der Waals surface area contributed by atoms with E-state index in [4.69, 9.17) is 0 Å². The topological polar surface area (TPSA) is 80.1 Å². The van der Waals surface area contributed by atoms with Crippen molar-refractivity contribution in [3.05, 3.63) is 71.0 Å². The van der Waals surface area contributed by atoms with Crippen LogP contribution in [-0.4, -0.2) is 45.3 Å². The summed E-state index contributed by atoms with van der Waals surface area (Å²) in [5.74, 6) is -0.683. The van der Waals surface area contributed by atoms with Crippen molar-refractivity contribution in [3.63, 3.8) is 0 Å². The molecule has 0 saturated carbocycles. The van der Waals surface area contributed by atoms with Gasteiger partial charge in [-0.2, -0.15) is 9.90 Å². The largest absolute Gasteiger partial charge is 0.331 e. The van der Waals surface area contributed by atoms with Crippen LogP contribution in [0.2, 0.25) is 0 Å². The quantitative estimate of drug-likeness (QED) is 0.697. The first-order valence-corrected chi connectivity index (χ1v) is 8.61. The van der Waals surface area contributed by atoms with Crippen molar-refractivity contribution in [2.75, 3.05) is 18.9 Å². The molecular weight excluding hydrogens is 398 g/mol. The maximum absolute atomic E-state index is 12.5. The summed E-state index contributed by atoms with van der Waals surface area (Å²) in [6, 6.07) is 16.5. The Kier molecular flexibility index (Phi) is 5.43. The molecule has 0 bridgehead atoms. The highest BCUT2D eigenvalue weighted by Gasteiger charge is 2.19. The molecule has 1 N–H and O–H groups in total. The van der Waals surface area contributed by atoms with E-state index in [0.717, 1.165) is 10.2 Å². The van der Waals surface area contributed by atoms with E-state index in [0.29, 0.717) is 5.69 Å². The van der Waals surface area contributed by atoms with Crippen LogP contribution in [-0.2, 0) is 4.79 Å². The number of hydrogen-bond donors (Lipinski definition) is 1. The van der Waals surface area contributed by atoms with E-state index >= 15 is 0 Å². The molecule has 26 heavy (non-hydrogen) atoms. The van der Waals surface area contributed by atoms with Gasteiger partial charge in [0, 0.05) is 11.5 Å². The predicted octanol–water partition coefficient (Wildman–Crippen LogP) is 2.74. The fraction of sp³-hybridized carbons (Fsp3) is 0.111. The summed E-state index contributed by atoms with van der Waals surface area (Å²) in [4.78, 5) is 27.3. The van der Waals surface area contributed by atoms with Gasteiger partial charge in [-0.3, -0.25) is 9.59 Å². The lowest BCUT2D eigenvalue weighted by Crippen LogP contribution is -2.35. The third-order valence-electron chi connectivity index (χ3n) is 3.57. The molecule has 0 aliphatic heterocycles. The normalized spacial score (nSPS) is 10.4. The number of carbonyl (C=O) groups excluding carboxylic acids is 2. The van der Waals surface area contributed by atoms with Gasteiger partial charge in [0.2, 0.25) is 5.91 Å². The lowest BCUT2D eigenvalue weighted by Gasteiger charge is -2.15. The van der Waals surface area contributed by atoms with Crippen LogP contribution in [0, 0.1) is 0 Å². The number of aromatic nitrogens is 3. The van der Waals surface area contributed by atoms with Gasteiger partial charge in [0.25, 0.3) is 5.91 Å². The Morgan fingerprint density at radius 1 is 1.12 bits per heavy atom. The maximum Gasteiger partial charge on any atom is 0.276 e. The van der Waals surface area contributed by atoms with Crippen molar-refractivity contribution in [1.82, 2.24) is 19.9 Å². The molecule has 0 spiro atoms. The van der Waals surface area contributed by atoms with Crippen LogP contribution in [0.25, 0.3) is 5.69 Å². The van der Waals surface area contributed by atoms with Gasteiger partial charge in [0.15, 0.2) is 5.69 Å². The van der Waals surface area contributed by atoms with Crippen molar-refractivity contribution in [2.24, 2.45) is 0 Å². The van der Waals surface area contributed by atoms with Crippen LogP contribution < -0.4 is 5.32 Å². The Morgan fingerprint density at radius 3 is 2.54 bits per heavy atom. The highest BCUT2D eigenvalue weighted by atomic mass is 79.9. The molecular formula is C18H16BrN5O2. The molecule has 132 valence electrons. The minimum absolute atomic E-state index is 0.0988. The van der Waals surface area contributed by atoms with Crippen LogP contribution in [0.15, 0.2) is 65.3 Å². The average molecular weight is 414 g/mol. The summed E-state index contributed by atoms with van der Waals surface area (Å²) in [5.41, 5.74) is 1.57. The third-order valence-corrected chi connectivity index (χ3v) is 4.27. The molecule has 0 unspecified atom stereocenters. The number of carbonyl (C=O) groups is 2. The Balaban J connectivity index is 1.64. The summed E-state index contributed by atoms with van der Waals surface area (Å²) in [5, 5.41) is 11.0. The number of nitrogens with one attached hydrogen (secondary N) is 1. The highest BCUT2D eigenvalue weighted by Crippen LogP contribution is 2.21. The predicted molar refractivity (Wildman–Crippen MR) is 101 cm³/mol. The van der Waals surface area contributed by atoms with E-state index in [1.165, 1.54) is 15.9 Å². The SMILES string of the molecule is CN(CC(=O)Nc1ccccc1Br)C(=O)c1cnn(-c2ccccc2)n1. The van der Waals surface area contributed by atoms with Gasteiger partial charge in [0.1, 0.15) is 0 Å². The number of amides is 2. The Bertz CT molecular complexity index is 926. The molecule has 1 aromatic heterocycles. The first-order chi connectivity index (χ1) is 12.5. The van der Waals surface area contributed by atoms with Crippen molar-refractivity contribution >= 4 is 33.4 Å². The van der Waals surface area contributed by atoms with E-state index < -0.39 is 0 Å². The molecule has 3 aromatic rings. The number of anilines is 1. The molecule has 1 heterocycles. The fourth-order valence-corrected chi connectivity index (χ4v) is 2.67. The fourth-order valence-electron chi connectivity index (χ4n) is 2.28. The zero-order chi connectivity index (χ0) is 18.5. The first kappa shape index (κ1) is 17.8. The molecule has 7 nitrogen and oxygen atoms in total. The summed E-state index contributed by atoms with van der Waals surface area (Å²) >= 11 is 3.37. The maximum atomic E-state index is 12.5. The van der Waals surface area contributed by atoms with E-state index in [1.54, 1.807) is 13.1 Å².